The number of halogens is 2. The predicted octanol–water partition coefficient (Wildman–Crippen LogP) is 3.62. The average molecular weight is 471 g/mol. The maximum atomic E-state index is 14.5. The smallest absolute Gasteiger partial charge is 0.242 e. The van der Waals surface area contributed by atoms with Crippen molar-refractivity contribution in [3.63, 3.8) is 0 Å². The van der Waals surface area contributed by atoms with Crippen LogP contribution in [-0.4, -0.2) is 64.1 Å². The zero-order valence-electron chi connectivity index (χ0n) is 18.9. The first-order chi connectivity index (χ1) is 15.9. The van der Waals surface area contributed by atoms with Gasteiger partial charge in [-0.1, -0.05) is 22.9 Å². The summed E-state index contributed by atoms with van der Waals surface area (Å²) in [5, 5.41) is 12.3. The van der Waals surface area contributed by atoms with Crippen molar-refractivity contribution >= 4 is 34.2 Å². The van der Waals surface area contributed by atoms with Gasteiger partial charge in [-0.25, -0.2) is 9.07 Å². The molecule has 2 aliphatic heterocycles. The molecule has 33 heavy (non-hydrogen) atoms. The van der Waals surface area contributed by atoms with Gasteiger partial charge in [-0.3, -0.25) is 4.79 Å². The van der Waals surface area contributed by atoms with E-state index in [1.807, 2.05) is 30.9 Å². The predicted molar refractivity (Wildman–Crippen MR) is 127 cm³/mol. The van der Waals surface area contributed by atoms with Gasteiger partial charge >= 0.3 is 0 Å². The molecule has 3 heterocycles. The monoisotopic (exact) mass is 470 g/mol. The lowest BCUT2D eigenvalue weighted by Crippen LogP contribution is -2.58. The molecular formula is C24H28ClFN6O. The molecule has 0 aliphatic carbocycles. The summed E-state index contributed by atoms with van der Waals surface area (Å²) in [4.78, 5) is 17.2. The third-order valence-corrected chi connectivity index (χ3v) is 7.24. The fourth-order valence-corrected chi connectivity index (χ4v) is 5.13. The number of hydrogen-bond acceptors (Lipinski definition) is 5. The normalized spacial score (nSPS) is 22.2. The summed E-state index contributed by atoms with van der Waals surface area (Å²) in [5.41, 5.74) is 2.74. The molecule has 3 aromatic rings. The summed E-state index contributed by atoms with van der Waals surface area (Å²) >= 11 is 5.91. The molecule has 2 saturated heterocycles. The van der Waals surface area contributed by atoms with Gasteiger partial charge in [0, 0.05) is 42.5 Å². The number of nitrogens with one attached hydrogen (secondary N) is 1. The van der Waals surface area contributed by atoms with Crippen molar-refractivity contribution in [1.82, 2.24) is 25.2 Å². The van der Waals surface area contributed by atoms with Crippen LogP contribution >= 0.6 is 11.6 Å². The number of anilines is 1. The molecule has 2 aliphatic rings. The molecule has 2 atom stereocenters. The van der Waals surface area contributed by atoms with E-state index in [4.69, 9.17) is 11.6 Å². The van der Waals surface area contributed by atoms with Crippen LogP contribution in [-0.2, 0) is 4.79 Å². The van der Waals surface area contributed by atoms with E-state index in [1.54, 1.807) is 16.8 Å². The topological polar surface area (TPSA) is 66.3 Å². The van der Waals surface area contributed by atoms with Gasteiger partial charge in [0.1, 0.15) is 11.3 Å². The second kappa shape index (κ2) is 8.57. The van der Waals surface area contributed by atoms with E-state index < -0.39 is 5.54 Å². The highest BCUT2D eigenvalue weighted by Crippen LogP contribution is 2.29. The van der Waals surface area contributed by atoms with E-state index in [-0.39, 0.29) is 17.8 Å². The van der Waals surface area contributed by atoms with Crippen LogP contribution < -0.4 is 10.2 Å². The van der Waals surface area contributed by atoms with Crippen molar-refractivity contribution in [2.24, 2.45) is 0 Å². The Morgan fingerprint density at radius 3 is 2.67 bits per heavy atom. The van der Waals surface area contributed by atoms with Gasteiger partial charge in [-0.05, 0) is 63.6 Å². The van der Waals surface area contributed by atoms with Crippen molar-refractivity contribution in [3.8, 4) is 0 Å². The zero-order valence-corrected chi connectivity index (χ0v) is 19.6. The highest BCUT2D eigenvalue weighted by atomic mass is 35.5. The van der Waals surface area contributed by atoms with E-state index in [9.17, 15) is 9.18 Å². The number of amides is 1. The molecule has 1 unspecified atom stereocenters. The summed E-state index contributed by atoms with van der Waals surface area (Å²) in [7, 11) is 0. The molecule has 174 valence electrons. The van der Waals surface area contributed by atoms with Gasteiger partial charge in [0.15, 0.2) is 0 Å². The van der Waals surface area contributed by atoms with Crippen LogP contribution in [0.5, 0.6) is 0 Å². The SMILES string of the molecule is C[C@H](c1ccc(Cl)cc1F)n1nnc2ccc(N3CCN(C(=O)C4(C)CCCN4)CC3)cc21. The molecule has 7 nitrogen and oxygen atoms in total. The van der Waals surface area contributed by atoms with Crippen LogP contribution in [0.15, 0.2) is 36.4 Å². The number of piperazine rings is 1. The maximum absolute atomic E-state index is 14.5. The first-order valence-electron chi connectivity index (χ1n) is 11.4. The lowest BCUT2D eigenvalue weighted by Gasteiger charge is -2.39. The second-order valence-electron chi connectivity index (χ2n) is 9.19. The fraction of sp³-hybridized carbons (Fsp3) is 0.458. The number of carbonyl (C=O) groups excluding carboxylic acids is 1. The van der Waals surface area contributed by atoms with E-state index in [0.29, 0.717) is 23.7 Å². The van der Waals surface area contributed by atoms with Crippen LogP contribution in [0.4, 0.5) is 10.1 Å². The van der Waals surface area contributed by atoms with Gasteiger partial charge in [0.05, 0.1) is 17.1 Å². The molecule has 0 radical (unpaired) electrons. The Labute approximate surface area is 197 Å². The molecule has 5 rings (SSSR count). The molecule has 1 aromatic heterocycles. The van der Waals surface area contributed by atoms with Crippen molar-refractivity contribution in [2.45, 2.75) is 38.3 Å². The second-order valence-corrected chi connectivity index (χ2v) is 9.63. The number of fused-ring (bicyclic) bond motifs is 1. The molecule has 1 N–H and O–H groups in total. The van der Waals surface area contributed by atoms with Crippen LogP contribution in [0.3, 0.4) is 0 Å². The fourth-order valence-electron chi connectivity index (χ4n) is 4.97. The number of aromatic nitrogens is 3. The van der Waals surface area contributed by atoms with Gasteiger partial charge in [0.2, 0.25) is 5.91 Å². The van der Waals surface area contributed by atoms with Crippen LogP contribution in [0.2, 0.25) is 5.02 Å². The molecule has 2 aromatic carbocycles. The Morgan fingerprint density at radius 2 is 1.97 bits per heavy atom. The van der Waals surface area contributed by atoms with Crippen LogP contribution in [0, 0.1) is 5.82 Å². The lowest BCUT2D eigenvalue weighted by atomic mass is 9.98. The van der Waals surface area contributed by atoms with Crippen molar-refractivity contribution in [2.75, 3.05) is 37.6 Å². The number of nitrogens with zero attached hydrogens (tertiary/aromatic N) is 5. The van der Waals surface area contributed by atoms with Gasteiger partial charge in [0.25, 0.3) is 0 Å². The third kappa shape index (κ3) is 4.06. The first-order valence-corrected chi connectivity index (χ1v) is 11.8. The number of rotatable bonds is 4. The first kappa shape index (κ1) is 22.1. The van der Waals surface area contributed by atoms with Crippen molar-refractivity contribution < 1.29 is 9.18 Å². The van der Waals surface area contributed by atoms with E-state index >= 15 is 0 Å². The average Bonchev–Trinajstić information content (AvgIpc) is 3.45. The minimum absolute atomic E-state index is 0.205. The largest absolute Gasteiger partial charge is 0.368 e. The summed E-state index contributed by atoms with van der Waals surface area (Å²) in [6.07, 6.45) is 1.94. The Kier molecular flexibility index (Phi) is 5.74. The standard InChI is InChI=1S/C24H28ClFN6O/c1-16(19-6-4-17(25)14-20(19)26)32-22-15-18(5-7-21(22)28-29-32)30-10-12-31(13-11-30)23(33)24(2)8-3-9-27-24/h4-7,14-16,27H,3,8-13H2,1-2H3/t16-,24?/m1/s1. The summed E-state index contributed by atoms with van der Waals surface area (Å²) in [5.74, 6) is -0.155. The van der Waals surface area contributed by atoms with Crippen LogP contribution in [0.25, 0.3) is 11.0 Å². The van der Waals surface area contributed by atoms with Gasteiger partial charge in [-0.2, -0.15) is 0 Å². The van der Waals surface area contributed by atoms with E-state index in [0.717, 1.165) is 49.2 Å². The molecule has 1 amide bonds. The minimum Gasteiger partial charge on any atom is -0.368 e. The number of hydrogen-bond donors (Lipinski definition) is 1. The Morgan fingerprint density at radius 1 is 1.18 bits per heavy atom. The molecule has 0 spiro atoms. The zero-order chi connectivity index (χ0) is 23.2. The Balaban J connectivity index is 1.34. The van der Waals surface area contributed by atoms with E-state index in [2.05, 4.69) is 26.6 Å². The molecule has 9 heteroatoms. The van der Waals surface area contributed by atoms with Gasteiger partial charge in [-0.15, -0.1) is 5.10 Å². The highest BCUT2D eigenvalue weighted by Gasteiger charge is 2.39. The molecule has 2 fully saturated rings. The molecule has 0 saturated carbocycles. The van der Waals surface area contributed by atoms with Crippen LogP contribution in [0.1, 0.15) is 38.3 Å². The van der Waals surface area contributed by atoms with E-state index in [1.165, 1.54) is 6.07 Å². The Hall–Kier alpha value is -2.71. The van der Waals surface area contributed by atoms with Crippen molar-refractivity contribution in [3.05, 3.63) is 52.8 Å². The quantitative estimate of drug-likeness (QED) is 0.630. The number of benzene rings is 2. The highest BCUT2D eigenvalue weighted by molar-refractivity contribution is 6.30. The molecule has 0 bridgehead atoms. The third-order valence-electron chi connectivity index (χ3n) is 7.01. The maximum Gasteiger partial charge on any atom is 0.242 e. The van der Waals surface area contributed by atoms with Crippen molar-refractivity contribution in [1.29, 1.82) is 0 Å². The lowest BCUT2D eigenvalue weighted by molar-refractivity contribution is -0.137. The summed E-state index contributed by atoms with van der Waals surface area (Å²) < 4.78 is 16.3. The number of carbonyl (C=O) groups is 1. The molecular weight excluding hydrogens is 443 g/mol. The minimum atomic E-state index is -0.424. The van der Waals surface area contributed by atoms with Gasteiger partial charge < -0.3 is 15.1 Å². The summed E-state index contributed by atoms with van der Waals surface area (Å²) in [6, 6.07) is 10.4. The summed E-state index contributed by atoms with van der Waals surface area (Å²) in [6.45, 7) is 7.72. The Bertz CT molecular complexity index is 1180.